The molecule has 1 aliphatic heterocycles. The van der Waals surface area contributed by atoms with Crippen LogP contribution in [0.15, 0.2) is 59.8 Å². The molecule has 162 valence electrons. The Morgan fingerprint density at radius 1 is 1.10 bits per heavy atom. The largest absolute Gasteiger partial charge is 0.382 e. The number of benzene rings is 2. The second-order valence-electron chi connectivity index (χ2n) is 6.77. The van der Waals surface area contributed by atoms with Crippen molar-refractivity contribution >= 4 is 35.2 Å². The van der Waals surface area contributed by atoms with Crippen molar-refractivity contribution in [2.45, 2.75) is 17.4 Å². The average Bonchev–Trinajstić information content (AvgIpc) is 3.12. The minimum absolute atomic E-state index is 0. The van der Waals surface area contributed by atoms with Crippen molar-refractivity contribution in [2.75, 3.05) is 12.3 Å². The number of sulfonamides is 1. The molecule has 0 spiro atoms. The predicted molar refractivity (Wildman–Crippen MR) is 119 cm³/mol. The summed E-state index contributed by atoms with van der Waals surface area (Å²) < 4.78 is 43.1. The zero-order valence-electron chi connectivity index (χ0n) is 16.2. The van der Waals surface area contributed by atoms with Crippen molar-refractivity contribution in [3.05, 3.63) is 60.7 Å². The van der Waals surface area contributed by atoms with Gasteiger partial charge in [0.2, 0.25) is 15.9 Å². The first kappa shape index (κ1) is 22.7. The molecule has 11 heteroatoms. The molecule has 2 heterocycles. The molecule has 4 N–H and O–H groups in total. The molecular weight excluding hydrogens is 441 g/mol. The third-order valence-electron chi connectivity index (χ3n) is 4.75. The summed E-state index contributed by atoms with van der Waals surface area (Å²) in [5.41, 5.74) is 6.72. The second-order valence-corrected chi connectivity index (χ2v) is 8.45. The molecule has 1 aliphatic rings. The van der Waals surface area contributed by atoms with Crippen LogP contribution < -0.4 is 15.8 Å². The van der Waals surface area contributed by atoms with Crippen molar-refractivity contribution in [3.8, 4) is 22.4 Å². The Labute approximate surface area is 185 Å². The van der Waals surface area contributed by atoms with Crippen molar-refractivity contribution in [1.29, 1.82) is 0 Å². The molecule has 1 aromatic heterocycles. The van der Waals surface area contributed by atoms with E-state index in [0.29, 0.717) is 29.8 Å². The summed E-state index contributed by atoms with van der Waals surface area (Å²) in [7, 11) is -4.00. The van der Waals surface area contributed by atoms with Crippen LogP contribution in [0.2, 0.25) is 0 Å². The number of carbonyl (C=O) groups excluding carboxylic acids is 1. The Kier molecular flexibility index (Phi) is 6.58. The minimum atomic E-state index is -4.00. The van der Waals surface area contributed by atoms with Crippen LogP contribution in [0, 0.1) is 5.82 Å². The lowest BCUT2D eigenvalue weighted by atomic mass is 10.0. The summed E-state index contributed by atoms with van der Waals surface area (Å²) >= 11 is 0. The molecule has 0 unspecified atom stereocenters. The normalized spacial score (nSPS) is 15.9. The number of halogens is 1. The van der Waals surface area contributed by atoms with E-state index in [2.05, 4.69) is 20.0 Å². The van der Waals surface area contributed by atoms with Gasteiger partial charge in [0.05, 0.1) is 23.0 Å². The van der Waals surface area contributed by atoms with Gasteiger partial charge in [-0.15, -0.1) is 0 Å². The summed E-state index contributed by atoms with van der Waals surface area (Å²) in [6.45, 7) is 0.411. The lowest BCUT2D eigenvalue weighted by Crippen LogP contribution is -2.40. The highest BCUT2D eigenvalue weighted by atomic mass is 32.2. The number of amides is 1. The van der Waals surface area contributed by atoms with Crippen LogP contribution in [0.5, 0.6) is 0 Å². The van der Waals surface area contributed by atoms with Crippen LogP contribution in [-0.2, 0) is 14.8 Å². The molecule has 0 radical (unpaired) electrons. The van der Waals surface area contributed by atoms with Gasteiger partial charge in [0.1, 0.15) is 17.7 Å². The molecule has 0 bridgehead atoms. The van der Waals surface area contributed by atoms with E-state index in [4.69, 9.17) is 5.73 Å². The van der Waals surface area contributed by atoms with Gasteiger partial charge in [-0.2, -0.15) is 18.2 Å². The maximum absolute atomic E-state index is 14.8. The highest BCUT2D eigenvalue weighted by Gasteiger charge is 2.30. The summed E-state index contributed by atoms with van der Waals surface area (Å²) in [6, 6.07) is 9.76. The van der Waals surface area contributed by atoms with Crippen molar-refractivity contribution < 1.29 is 17.6 Å². The quantitative estimate of drug-likeness (QED) is 0.532. The van der Waals surface area contributed by atoms with Gasteiger partial charge in [-0.05, 0) is 30.2 Å². The molecule has 2 aromatic carbocycles. The highest BCUT2D eigenvalue weighted by molar-refractivity contribution is 7.89. The molecule has 31 heavy (non-hydrogen) atoms. The predicted octanol–water partition coefficient (Wildman–Crippen LogP) is 1.81. The third-order valence-corrected chi connectivity index (χ3v) is 6.28. The van der Waals surface area contributed by atoms with E-state index in [1.54, 1.807) is 24.3 Å². The SMILES string of the molecule is Nc1cnc(-c2ccc(-c3ccccc3S(=O)(=O)N[C@H]3CCNC3=O)cc2F)cn1.S. The standard InChI is InChI=1S/C20H18FN5O3S.H2S/c21-15-9-12(5-6-14(15)17-10-25-19(22)11-24-17)13-3-1-2-4-18(13)30(28,29)26-16-7-8-23-20(16)27;/h1-6,9-11,16,26H,7-8H2,(H2,22,25)(H,23,27);1H2/t16-;/m0./s1. The van der Waals surface area contributed by atoms with Gasteiger partial charge in [0.25, 0.3) is 0 Å². The van der Waals surface area contributed by atoms with Gasteiger partial charge in [-0.25, -0.2) is 17.8 Å². The van der Waals surface area contributed by atoms with Crippen molar-refractivity contribution in [2.24, 2.45) is 0 Å². The number of anilines is 1. The molecule has 1 saturated heterocycles. The van der Waals surface area contributed by atoms with Gasteiger partial charge in [-0.1, -0.05) is 24.3 Å². The van der Waals surface area contributed by atoms with E-state index in [9.17, 15) is 17.6 Å². The van der Waals surface area contributed by atoms with Gasteiger partial charge < -0.3 is 11.1 Å². The van der Waals surface area contributed by atoms with Crippen molar-refractivity contribution in [1.82, 2.24) is 20.0 Å². The van der Waals surface area contributed by atoms with Gasteiger partial charge in [0.15, 0.2) is 0 Å². The molecule has 4 rings (SSSR count). The topological polar surface area (TPSA) is 127 Å². The number of rotatable bonds is 5. The zero-order chi connectivity index (χ0) is 21.3. The fourth-order valence-electron chi connectivity index (χ4n) is 3.26. The molecule has 0 saturated carbocycles. The number of nitrogens with two attached hydrogens (primary N) is 1. The molecule has 3 aromatic rings. The molecular formula is C20H20FN5O3S2. The number of nitrogens with zero attached hydrogens (tertiary/aromatic N) is 2. The first-order valence-electron chi connectivity index (χ1n) is 9.12. The zero-order valence-corrected chi connectivity index (χ0v) is 18.0. The van der Waals surface area contributed by atoms with E-state index in [1.807, 2.05) is 0 Å². The highest BCUT2D eigenvalue weighted by Crippen LogP contribution is 2.31. The van der Waals surface area contributed by atoms with Crippen LogP contribution in [0.25, 0.3) is 22.4 Å². The Morgan fingerprint density at radius 2 is 1.87 bits per heavy atom. The molecule has 1 fully saturated rings. The Bertz CT molecular complexity index is 1220. The summed E-state index contributed by atoms with van der Waals surface area (Å²) in [6.07, 6.45) is 3.06. The lowest BCUT2D eigenvalue weighted by Gasteiger charge is -2.15. The van der Waals surface area contributed by atoms with E-state index >= 15 is 0 Å². The molecule has 8 nitrogen and oxygen atoms in total. The average molecular weight is 462 g/mol. The maximum Gasteiger partial charge on any atom is 0.241 e. The maximum atomic E-state index is 14.8. The fraction of sp³-hybridized carbons (Fsp3) is 0.150. The van der Waals surface area contributed by atoms with Crippen molar-refractivity contribution in [3.63, 3.8) is 0 Å². The molecule has 1 atom stereocenters. The van der Waals surface area contributed by atoms with Crippen LogP contribution >= 0.6 is 13.5 Å². The monoisotopic (exact) mass is 461 g/mol. The number of nitrogens with one attached hydrogen (secondary N) is 2. The van der Waals surface area contributed by atoms with E-state index in [-0.39, 0.29) is 35.7 Å². The van der Waals surface area contributed by atoms with E-state index in [0.717, 1.165) is 0 Å². The second kappa shape index (κ2) is 9.00. The third kappa shape index (κ3) is 4.68. The summed E-state index contributed by atoms with van der Waals surface area (Å²) in [5.74, 6) is -0.726. The number of aromatic nitrogens is 2. The molecule has 0 aliphatic carbocycles. The Balaban J connectivity index is 0.00000272. The first-order valence-corrected chi connectivity index (χ1v) is 10.6. The number of hydrogen-bond acceptors (Lipinski definition) is 6. The van der Waals surface area contributed by atoms with E-state index < -0.39 is 21.9 Å². The number of hydrogen-bond donors (Lipinski definition) is 3. The lowest BCUT2D eigenvalue weighted by molar-refractivity contribution is -0.120. The number of carbonyl (C=O) groups is 1. The van der Waals surface area contributed by atoms with Gasteiger partial charge >= 0.3 is 0 Å². The Hall–Kier alpha value is -3.02. The fourth-order valence-corrected chi connectivity index (χ4v) is 4.72. The van der Waals surface area contributed by atoms with Crippen LogP contribution in [-0.4, -0.2) is 36.9 Å². The minimum Gasteiger partial charge on any atom is -0.382 e. The van der Waals surface area contributed by atoms with Crippen LogP contribution in [0.3, 0.4) is 0 Å². The van der Waals surface area contributed by atoms with Gasteiger partial charge in [-0.3, -0.25) is 9.78 Å². The first-order chi connectivity index (χ1) is 14.3. The van der Waals surface area contributed by atoms with Gasteiger partial charge in [0, 0.05) is 17.7 Å². The molecule has 1 amide bonds. The van der Waals surface area contributed by atoms with E-state index in [1.165, 1.54) is 30.6 Å². The summed E-state index contributed by atoms with van der Waals surface area (Å²) in [5, 5.41) is 2.59. The smallest absolute Gasteiger partial charge is 0.241 e. The number of nitrogen functional groups attached to an aromatic ring is 1. The summed E-state index contributed by atoms with van der Waals surface area (Å²) in [4.78, 5) is 19.7. The van der Waals surface area contributed by atoms with Crippen LogP contribution in [0.4, 0.5) is 10.2 Å². The van der Waals surface area contributed by atoms with Crippen LogP contribution in [0.1, 0.15) is 6.42 Å². The Morgan fingerprint density at radius 3 is 2.52 bits per heavy atom.